The first-order valence-corrected chi connectivity index (χ1v) is 7.98. The van der Waals surface area contributed by atoms with Gasteiger partial charge in [0.05, 0.1) is 0 Å². The number of ketones is 1. The van der Waals surface area contributed by atoms with E-state index in [-0.39, 0.29) is 0 Å². The van der Waals surface area contributed by atoms with Crippen molar-refractivity contribution in [2.24, 2.45) is 5.92 Å². The predicted molar refractivity (Wildman–Crippen MR) is 78.7 cm³/mol. The third-order valence-electron chi connectivity index (χ3n) is 4.14. The Morgan fingerprint density at radius 3 is 2.22 bits per heavy atom. The third kappa shape index (κ3) is 6.98. The van der Waals surface area contributed by atoms with Crippen molar-refractivity contribution in [3.8, 4) is 0 Å². The van der Waals surface area contributed by atoms with Crippen molar-refractivity contribution in [1.29, 1.82) is 0 Å². The van der Waals surface area contributed by atoms with E-state index in [1.54, 1.807) is 0 Å². The maximum atomic E-state index is 12.0. The molecule has 0 aromatic heterocycles. The molecule has 0 bridgehead atoms. The first-order valence-electron chi connectivity index (χ1n) is 7.98. The predicted octanol–water partition coefficient (Wildman–Crippen LogP) is 5.44. The Morgan fingerprint density at radius 1 is 0.944 bits per heavy atom. The molecule has 1 heteroatoms. The average molecular weight is 250 g/mol. The Labute approximate surface area is 113 Å². The lowest BCUT2D eigenvalue weighted by atomic mass is 9.84. The Balaban J connectivity index is 1.90. The zero-order valence-electron chi connectivity index (χ0n) is 12.0. The summed E-state index contributed by atoms with van der Waals surface area (Å²) < 4.78 is 0. The second kappa shape index (κ2) is 10.3. The molecule has 1 saturated carbocycles. The Kier molecular flexibility index (Phi) is 8.89. The van der Waals surface area contributed by atoms with E-state index in [4.69, 9.17) is 0 Å². The van der Waals surface area contributed by atoms with Crippen molar-refractivity contribution in [3.63, 3.8) is 0 Å². The lowest BCUT2D eigenvalue weighted by Gasteiger charge is -2.20. The molecule has 104 valence electrons. The van der Waals surface area contributed by atoms with Crippen molar-refractivity contribution in [2.45, 2.75) is 83.5 Å². The van der Waals surface area contributed by atoms with Crippen LogP contribution in [-0.4, -0.2) is 5.78 Å². The molecule has 18 heavy (non-hydrogen) atoms. The molecule has 1 fully saturated rings. The van der Waals surface area contributed by atoms with E-state index in [9.17, 15) is 4.79 Å². The monoisotopic (exact) mass is 250 g/mol. The van der Waals surface area contributed by atoms with Gasteiger partial charge in [-0.25, -0.2) is 0 Å². The zero-order chi connectivity index (χ0) is 13.1. The molecule has 0 aromatic rings. The van der Waals surface area contributed by atoms with Crippen LogP contribution in [0, 0.1) is 5.92 Å². The van der Waals surface area contributed by atoms with Crippen molar-refractivity contribution < 1.29 is 4.79 Å². The molecule has 0 saturated heterocycles. The molecule has 0 aromatic carbocycles. The Bertz CT molecular complexity index is 226. The van der Waals surface area contributed by atoms with Crippen LogP contribution in [0.4, 0.5) is 0 Å². The summed E-state index contributed by atoms with van der Waals surface area (Å²) in [5.41, 5.74) is 0. The fourth-order valence-electron chi connectivity index (χ4n) is 2.92. The minimum absolute atomic E-state index is 0.423. The molecule has 0 amide bonds. The summed E-state index contributed by atoms with van der Waals surface area (Å²) in [4.78, 5) is 12.0. The van der Waals surface area contributed by atoms with Crippen LogP contribution in [0.15, 0.2) is 12.7 Å². The highest BCUT2D eigenvalue weighted by Gasteiger charge is 2.19. The summed E-state index contributed by atoms with van der Waals surface area (Å²) in [7, 11) is 0. The topological polar surface area (TPSA) is 17.1 Å². The van der Waals surface area contributed by atoms with Gasteiger partial charge in [0.15, 0.2) is 0 Å². The van der Waals surface area contributed by atoms with E-state index in [1.807, 2.05) is 6.08 Å². The van der Waals surface area contributed by atoms with Crippen LogP contribution in [0.1, 0.15) is 83.5 Å². The van der Waals surface area contributed by atoms with E-state index in [0.29, 0.717) is 11.7 Å². The van der Waals surface area contributed by atoms with Gasteiger partial charge in [0.25, 0.3) is 0 Å². The number of allylic oxidation sites excluding steroid dienone is 1. The molecule has 1 aliphatic rings. The SMILES string of the molecule is C=CCCCCCCCCC(=O)C1CCCCC1. The van der Waals surface area contributed by atoms with Crippen LogP contribution in [0.25, 0.3) is 0 Å². The molecule has 0 spiro atoms. The van der Waals surface area contributed by atoms with Gasteiger partial charge in [-0.1, -0.05) is 51.0 Å². The highest BCUT2D eigenvalue weighted by molar-refractivity contribution is 5.80. The van der Waals surface area contributed by atoms with Crippen LogP contribution in [0.2, 0.25) is 0 Å². The molecule has 0 radical (unpaired) electrons. The number of unbranched alkanes of at least 4 members (excludes halogenated alkanes) is 6. The van der Waals surface area contributed by atoms with Gasteiger partial charge in [0, 0.05) is 12.3 Å². The lowest BCUT2D eigenvalue weighted by molar-refractivity contribution is -0.123. The molecule has 0 aliphatic heterocycles. The highest BCUT2D eigenvalue weighted by Crippen LogP contribution is 2.26. The zero-order valence-corrected chi connectivity index (χ0v) is 12.0. The average Bonchev–Trinajstić information content (AvgIpc) is 2.42. The highest BCUT2D eigenvalue weighted by atomic mass is 16.1. The summed E-state index contributed by atoms with van der Waals surface area (Å²) in [6, 6.07) is 0. The normalized spacial score (nSPS) is 16.7. The van der Waals surface area contributed by atoms with Gasteiger partial charge in [-0.2, -0.15) is 0 Å². The van der Waals surface area contributed by atoms with Crippen molar-refractivity contribution >= 4 is 5.78 Å². The fraction of sp³-hybridized carbons (Fsp3) is 0.824. The largest absolute Gasteiger partial charge is 0.299 e. The minimum atomic E-state index is 0.423. The van der Waals surface area contributed by atoms with Crippen LogP contribution in [0.3, 0.4) is 0 Å². The van der Waals surface area contributed by atoms with E-state index < -0.39 is 0 Å². The van der Waals surface area contributed by atoms with E-state index in [2.05, 4.69) is 6.58 Å². The van der Waals surface area contributed by atoms with Crippen LogP contribution in [0.5, 0.6) is 0 Å². The summed E-state index contributed by atoms with van der Waals surface area (Å²) in [6.45, 7) is 3.73. The maximum absolute atomic E-state index is 12.0. The molecule has 0 atom stereocenters. The molecule has 1 aliphatic carbocycles. The number of rotatable bonds is 10. The molecule has 1 rings (SSSR count). The quantitative estimate of drug-likeness (QED) is 0.372. The van der Waals surface area contributed by atoms with Crippen molar-refractivity contribution in [2.75, 3.05) is 0 Å². The second-order valence-corrected chi connectivity index (χ2v) is 5.75. The maximum Gasteiger partial charge on any atom is 0.135 e. The lowest BCUT2D eigenvalue weighted by Crippen LogP contribution is -2.17. The number of hydrogen-bond acceptors (Lipinski definition) is 1. The molecule has 0 N–H and O–H groups in total. The van der Waals surface area contributed by atoms with Crippen molar-refractivity contribution in [3.05, 3.63) is 12.7 Å². The van der Waals surface area contributed by atoms with Crippen LogP contribution >= 0.6 is 0 Å². The molecular weight excluding hydrogens is 220 g/mol. The van der Waals surface area contributed by atoms with Crippen LogP contribution < -0.4 is 0 Å². The summed E-state index contributed by atoms with van der Waals surface area (Å²) >= 11 is 0. The number of Topliss-reactive ketones (excluding diaryl/α,β-unsaturated/α-hetero) is 1. The van der Waals surface area contributed by atoms with E-state index in [0.717, 1.165) is 19.3 Å². The van der Waals surface area contributed by atoms with Crippen molar-refractivity contribution in [1.82, 2.24) is 0 Å². The second-order valence-electron chi connectivity index (χ2n) is 5.75. The van der Waals surface area contributed by atoms with Gasteiger partial charge < -0.3 is 0 Å². The first kappa shape index (κ1) is 15.5. The summed E-state index contributed by atoms with van der Waals surface area (Å²) in [5.74, 6) is 0.979. The molecular formula is C17H30O. The van der Waals surface area contributed by atoms with Gasteiger partial charge in [0.1, 0.15) is 5.78 Å². The summed E-state index contributed by atoms with van der Waals surface area (Å²) in [5, 5.41) is 0. The Hall–Kier alpha value is -0.590. The number of hydrogen-bond donors (Lipinski definition) is 0. The van der Waals surface area contributed by atoms with Gasteiger partial charge in [-0.15, -0.1) is 6.58 Å². The van der Waals surface area contributed by atoms with Crippen LogP contribution in [-0.2, 0) is 4.79 Å². The standard InChI is InChI=1S/C17H30O/c1-2-3-4-5-6-7-8-12-15-17(18)16-13-10-9-11-14-16/h2,16H,1,3-15H2. The number of carbonyl (C=O) groups is 1. The van der Waals surface area contributed by atoms with Gasteiger partial charge in [-0.05, 0) is 32.1 Å². The molecule has 0 heterocycles. The Morgan fingerprint density at radius 2 is 1.56 bits per heavy atom. The first-order chi connectivity index (χ1) is 8.84. The van der Waals surface area contributed by atoms with Gasteiger partial charge >= 0.3 is 0 Å². The van der Waals surface area contributed by atoms with Gasteiger partial charge in [0.2, 0.25) is 0 Å². The molecule has 1 nitrogen and oxygen atoms in total. The number of carbonyl (C=O) groups excluding carboxylic acids is 1. The molecule has 0 unspecified atom stereocenters. The fourth-order valence-corrected chi connectivity index (χ4v) is 2.92. The summed E-state index contributed by atoms with van der Waals surface area (Å²) in [6.07, 6.45) is 17.8. The minimum Gasteiger partial charge on any atom is -0.299 e. The van der Waals surface area contributed by atoms with E-state index in [1.165, 1.54) is 64.2 Å². The van der Waals surface area contributed by atoms with Gasteiger partial charge in [-0.3, -0.25) is 4.79 Å². The third-order valence-corrected chi connectivity index (χ3v) is 4.14. The van der Waals surface area contributed by atoms with E-state index >= 15 is 0 Å². The smallest absolute Gasteiger partial charge is 0.135 e.